The molecule has 6 rings (SSSR count). The van der Waals surface area contributed by atoms with Crippen molar-refractivity contribution in [2.45, 2.75) is 11.8 Å². The van der Waals surface area contributed by atoms with Crippen molar-refractivity contribution in [2.24, 2.45) is 11.8 Å². The third-order valence-electron chi connectivity index (χ3n) is 8.03. The molecule has 0 aromatic heterocycles. The Hall–Kier alpha value is -4.98. The lowest BCUT2D eigenvalue weighted by Gasteiger charge is -2.49. The summed E-state index contributed by atoms with van der Waals surface area (Å²) in [6, 6.07) is 27.2. The number of benzene rings is 4. The number of carbonyl (C=O) groups is 2. The van der Waals surface area contributed by atoms with E-state index >= 15 is 0 Å². The monoisotopic (exact) mass is 566 g/mol. The van der Waals surface area contributed by atoms with Crippen LogP contribution in [-0.2, 0) is 9.59 Å². The summed E-state index contributed by atoms with van der Waals surface area (Å²) in [4.78, 5) is 26.8. The molecule has 1 fully saturated rings. The third kappa shape index (κ3) is 4.79. The number of carboxylic acids is 1. The molecule has 42 heavy (non-hydrogen) atoms. The molecular weight excluding hydrogens is 536 g/mol. The average molecular weight is 567 g/mol. The molecule has 1 saturated carbocycles. The summed E-state index contributed by atoms with van der Waals surface area (Å²) in [6.07, 6.45) is 0. The Bertz CT molecular complexity index is 1570. The minimum Gasteiger partial charge on any atom is -0.496 e. The van der Waals surface area contributed by atoms with Gasteiger partial charge in [-0.15, -0.1) is 0 Å². The zero-order valence-corrected chi connectivity index (χ0v) is 23.2. The summed E-state index contributed by atoms with van der Waals surface area (Å²) in [6.45, 7) is 0.924. The van der Waals surface area contributed by atoms with E-state index in [4.69, 9.17) is 23.7 Å². The predicted molar refractivity (Wildman–Crippen MR) is 155 cm³/mol. The summed E-state index contributed by atoms with van der Waals surface area (Å²) in [5.41, 5.74) is 2.89. The molecule has 8 heteroatoms. The van der Waals surface area contributed by atoms with Crippen LogP contribution in [0.4, 0.5) is 0 Å². The number of hydrogen-bond donors (Lipinski definition) is 1. The quantitative estimate of drug-likeness (QED) is 0.206. The van der Waals surface area contributed by atoms with Gasteiger partial charge in [-0.2, -0.15) is 0 Å². The maximum atomic E-state index is 14.1. The molecule has 1 N–H and O–H groups in total. The number of carboxylic acid groups (broad SMARTS) is 1. The van der Waals surface area contributed by atoms with E-state index < -0.39 is 35.6 Å². The zero-order valence-electron chi connectivity index (χ0n) is 23.2. The molecular formula is C34H30O8. The van der Waals surface area contributed by atoms with Crippen LogP contribution < -0.4 is 23.7 Å². The van der Waals surface area contributed by atoms with Crippen molar-refractivity contribution in [1.82, 2.24) is 0 Å². The van der Waals surface area contributed by atoms with Gasteiger partial charge in [0.05, 0.1) is 26.1 Å². The second-order valence-corrected chi connectivity index (χ2v) is 10.2. The van der Waals surface area contributed by atoms with Crippen molar-refractivity contribution in [2.75, 3.05) is 27.4 Å². The molecule has 0 saturated heterocycles. The number of ether oxygens (including phenoxy) is 5. The Morgan fingerprint density at radius 1 is 0.738 bits per heavy atom. The van der Waals surface area contributed by atoms with Gasteiger partial charge in [-0.3, -0.25) is 9.59 Å². The third-order valence-corrected chi connectivity index (χ3v) is 8.03. The minimum absolute atomic E-state index is 0.336. The van der Waals surface area contributed by atoms with Crippen LogP contribution in [0.25, 0.3) is 11.1 Å². The van der Waals surface area contributed by atoms with E-state index in [0.29, 0.717) is 53.1 Å². The van der Waals surface area contributed by atoms with Crippen LogP contribution in [0.1, 0.15) is 23.0 Å². The largest absolute Gasteiger partial charge is 0.496 e. The van der Waals surface area contributed by atoms with Gasteiger partial charge in [0.25, 0.3) is 0 Å². The number of para-hydroxylation sites is 3. The molecule has 4 atom stereocenters. The van der Waals surface area contributed by atoms with E-state index in [1.165, 1.54) is 14.2 Å². The van der Waals surface area contributed by atoms with Gasteiger partial charge in [0.15, 0.2) is 11.5 Å². The molecule has 1 aliphatic carbocycles. The summed E-state index contributed by atoms with van der Waals surface area (Å²) in [5.74, 6) is -1.97. The van der Waals surface area contributed by atoms with Crippen LogP contribution in [0, 0.1) is 11.8 Å². The number of methoxy groups -OCH3 is 2. The van der Waals surface area contributed by atoms with Gasteiger partial charge >= 0.3 is 11.9 Å². The summed E-state index contributed by atoms with van der Waals surface area (Å²) in [5, 5.41) is 10.4. The van der Waals surface area contributed by atoms with Gasteiger partial charge in [-0.1, -0.05) is 60.7 Å². The van der Waals surface area contributed by atoms with Crippen molar-refractivity contribution in [1.29, 1.82) is 0 Å². The fourth-order valence-electron chi connectivity index (χ4n) is 6.22. The number of hydrogen-bond acceptors (Lipinski definition) is 7. The van der Waals surface area contributed by atoms with Crippen molar-refractivity contribution in [3.8, 4) is 39.9 Å². The molecule has 1 heterocycles. The molecule has 0 bridgehead atoms. The van der Waals surface area contributed by atoms with Crippen LogP contribution >= 0.6 is 0 Å². The van der Waals surface area contributed by atoms with Crippen molar-refractivity contribution < 1.29 is 38.4 Å². The Labute approximate surface area is 243 Å². The molecule has 8 nitrogen and oxygen atoms in total. The van der Waals surface area contributed by atoms with Gasteiger partial charge in [-0.05, 0) is 47.0 Å². The predicted octanol–water partition coefficient (Wildman–Crippen LogP) is 5.95. The molecule has 2 unspecified atom stereocenters. The van der Waals surface area contributed by atoms with E-state index in [9.17, 15) is 14.7 Å². The fraction of sp³-hybridized carbons (Fsp3) is 0.235. The van der Waals surface area contributed by atoms with Gasteiger partial charge in [0.1, 0.15) is 30.5 Å². The zero-order chi connectivity index (χ0) is 29.2. The molecule has 0 amide bonds. The number of carbonyl (C=O) groups excluding carboxylic acids is 1. The summed E-state index contributed by atoms with van der Waals surface area (Å²) < 4.78 is 28.8. The smallest absolute Gasteiger partial charge is 0.315 e. The Morgan fingerprint density at radius 3 is 2.00 bits per heavy atom. The molecule has 214 valence electrons. The maximum Gasteiger partial charge on any atom is 0.315 e. The summed E-state index contributed by atoms with van der Waals surface area (Å²) in [7, 11) is 3.06. The maximum absolute atomic E-state index is 14.1. The van der Waals surface area contributed by atoms with E-state index in [1.807, 2.05) is 48.5 Å². The van der Waals surface area contributed by atoms with Crippen LogP contribution in [0.2, 0.25) is 0 Å². The highest BCUT2D eigenvalue weighted by atomic mass is 16.6. The number of rotatable bonds is 8. The van der Waals surface area contributed by atoms with Crippen LogP contribution in [0.3, 0.4) is 0 Å². The van der Waals surface area contributed by atoms with E-state index in [0.717, 1.165) is 11.1 Å². The van der Waals surface area contributed by atoms with Crippen LogP contribution in [0.15, 0.2) is 91.0 Å². The van der Waals surface area contributed by atoms with Gasteiger partial charge in [0, 0.05) is 17.4 Å². The van der Waals surface area contributed by atoms with Crippen molar-refractivity contribution in [3.05, 3.63) is 102 Å². The molecule has 4 aromatic carbocycles. The van der Waals surface area contributed by atoms with E-state index in [1.54, 1.807) is 42.5 Å². The lowest BCUT2D eigenvalue weighted by atomic mass is 9.52. The number of fused-ring (bicyclic) bond motifs is 1. The second kappa shape index (κ2) is 11.5. The van der Waals surface area contributed by atoms with Gasteiger partial charge in [0.2, 0.25) is 0 Å². The molecule has 0 spiro atoms. The van der Waals surface area contributed by atoms with Crippen LogP contribution in [0.5, 0.6) is 28.7 Å². The second-order valence-electron chi connectivity index (χ2n) is 10.2. The normalized spacial score (nSPS) is 20.6. The SMILES string of the molecule is COc1ccccc1C1C(C(=O)O)[C@H](c2ccccc2OC)[C@H]1C(=O)Oc1cccc(-c2cccc3c2OCCO3)c1. The Morgan fingerprint density at radius 2 is 1.36 bits per heavy atom. The number of aliphatic carboxylic acids is 1. The first-order valence-corrected chi connectivity index (χ1v) is 13.7. The lowest BCUT2D eigenvalue weighted by Crippen LogP contribution is -2.52. The fourth-order valence-corrected chi connectivity index (χ4v) is 6.22. The molecule has 0 radical (unpaired) electrons. The highest BCUT2D eigenvalue weighted by Crippen LogP contribution is 2.60. The van der Waals surface area contributed by atoms with Crippen molar-refractivity contribution in [3.63, 3.8) is 0 Å². The van der Waals surface area contributed by atoms with Crippen molar-refractivity contribution >= 4 is 11.9 Å². The molecule has 2 aliphatic rings. The lowest BCUT2D eigenvalue weighted by molar-refractivity contribution is -0.158. The summed E-state index contributed by atoms with van der Waals surface area (Å²) >= 11 is 0. The topological polar surface area (TPSA) is 101 Å². The minimum atomic E-state index is -1.01. The Balaban J connectivity index is 1.38. The number of esters is 1. The molecule has 4 aromatic rings. The highest BCUT2D eigenvalue weighted by molar-refractivity contribution is 5.86. The standard InChI is InChI=1S/C34H30O8/c1-38-25-14-5-3-11-23(25)28-30(33(35)36)29(24-12-4-6-15-26(24)39-2)31(28)34(37)42-21-10-7-9-20(19-21)22-13-8-16-27-32(22)41-18-17-40-27/h3-16,19,28-31H,17-18H2,1-2H3,(H,35,36)/t28-,29?,30?,31+/m0/s1. The molecule has 1 aliphatic heterocycles. The van der Waals surface area contributed by atoms with Gasteiger partial charge in [-0.25, -0.2) is 0 Å². The average Bonchev–Trinajstić information content (AvgIpc) is 3.00. The van der Waals surface area contributed by atoms with E-state index in [2.05, 4.69) is 0 Å². The van der Waals surface area contributed by atoms with E-state index in [-0.39, 0.29) is 0 Å². The first kappa shape index (κ1) is 27.2. The first-order chi connectivity index (χ1) is 20.5. The Kier molecular flexibility index (Phi) is 7.44. The van der Waals surface area contributed by atoms with Crippen LogP contribution in [-0.4, -0.2) is 44.5 Å². The first-order valence-electron chi connectivity index (χ1n) is 13.7. The highest BCUT2D eigenvalue weighted by Gasteiger charge is 2.60. The van der Waals surface area contributed by atoms with Gasteiger partial charge < -0.3 is 28.8 Å².